The lowest BCUT2D eigenvalue weighted by atomic mass is 10.4. The molecule has 0 unspecified atom stereocenters. The van der Waals surface area contributed by atoms with Gasteiger partial charge in [0.25, 0.3) is 0 Å². The van der Waals surface area contributed by atoms with Crippen LogP contribution in [0.25, 0.3) is 11.0 Å². The van der Waals surface area contributed by atoms with Gasteiger partial charge in [-0.2, -0.15) is 4.98 Å². The summed E-state index contributed by atoms with van der Waals surface area (Å²) in [4.78, 5) is 10.7. The first-order valence-electron chi connectivity index (χ1n) is 4.99. The number of nitrogens with zero attached hydrogens (tertiary/aromatic N) is 4. The average Bonchev–Trinajstić information content (AvgIpc) is 2.52. The molecular formula is C10H11ClN4. The second-order valence-electron chi connectivity index (χ2n) is 3.83. The molecule has 0 fully saturated rings. The highest BCUT2D eigenvalue weighted by molar-refractivity contribution is 6.28. The van der Waals surface area contributed by atoms with Crippen LogP contribution in [0.2, 0.25) is 5.28 Å². The summed E-state index contributed by atoms with van der Waals surface area (Å²) in [5.41, 5.74) is 2.03. The minimum atomic E-state index is 0.323. The van der Waals surface area contributed by atoms with Gasteiger partial charge in [0.15, 0.2) is 5.82 Å². The molecule has 0 spiro atoms. The number of aryl methyl sites for hydroxylation is 1. The van der Waals surface area contributed by atoms with Crippen LogP contribution < -0.4 is 4.90 Å². The zero-order valence-electron chi connectivity index (χ0n) is 8.44. The van der Waals surface area contributed by atoms with Crippen LogP contribution in [0.4, 0.5) is 5.82 Å². The Hall–Kier alpha value is -1.29. The predicted octanol–water partition coefficient (Wildman–Crippen LogP) is 1.92. The topological polar surface area (TPSA) is 34.0 Å². The highest BCUT2D eigenvalue weighted by Crippen LogP contribution is 2.28. The molecule has 5 heteroatoms. The summed E-state index contributed by atoms with van der Waals surface area (Å²) in [6.07, 6.45) is 3.17. The number of hydrogen-bond donors (Lipinski definition) is 0. The molecule has 4 nitrogen and oxygen atoms in total. The molecule has 78 valence electrons. The van der Waals surface area contributed by atoms with Crippen LogP contribution in [0, 0.1) is 0 Å². The normalized spacial score (nSPS) is 15.7. The summed E-state index contributed by atoms with van der Waals surface area (Å²) in [6.45, 7) is 2.02. The van der Waals surface area contributed by atoms with Gasteiger partial charge in [0.1, 0.15) is 5.52 Å². The Kier molecular flexibility index (Phi) is 1.85. The first kappa shape index (κ1) is 8.97. The lowest BCUT2D eigenvalue weighted by molar-refractivity contribution is 0.672. The first-order chi connectivity index (χ1) is 7.25. The van der Waals surface area contributed by atoms with Gasteiger partial charge in [-0.05, 0) is 24.1 Å². The third-order valence-electron chi connectivity index (χ3n) is 2.82. The molecule has 0 N–H and O–H groups in total. The molecule has 1 aliphatic heterocycles. The zero-order valence-corrected chi connectivity index (χ0v) is 9.20. The maximum atomic E-state index is 5.90. The summed E-state index contributed by atoms with van der Waals surface area (Å²) in [6, 6.07) is 1.99. The maximum Gasteiger partial charge on any atom is 0.225 e. The van der Waals surface area contributed by atoms with E-state index in [-0.39, 0.29) is 0 Å². The van der Waals surface area contributed by atoms with E-state index in [4.69, 9.17) is 11.6 Å². The summed E-state index contributed by atoms with van der Waals surface area (Å²) in [7, 11) is 2.04. The Labute approximate surface area is 92.5 Å². The van der Waals surface area contributed by atoms with Gasteiger partial charge >= 0.3 is 0 Å². The molecule has 0 bridgehead atoms. The lowest BCUT2D eigenvalue weighted by Gasteiger charge is -2.15. The van der Waals surface area contributed by atoms with Gasteiger partial charge in [-0.25, -0.2) is 4.98 Å². The maximum absolute atomic E-state index is 5.90. The lowest BCUT2D eigenvalue weighted by Crippen LogP contribution is -2.19. The minimum Gasteiger partial charge on any atom is -0.358 e. The van der Waals surface area contributed by atoms with E-state index >= 15 is 0 Å². The van der Waals surface area contributed by atoms with Crippen molar-refractivity contribution >= 4 is 28.5 Å². The van der Waals surface area contributed by atoms with E-state index in [1.807, 2.05) is 13.1 Å². The number of aromatic nitrogens is 3. The van der Waals surface area contributed by atoms with E-state index in [1.54, 1.807) is 0 Å². The average molecular weight is 223 g/mol. The molecule has 0 saturated carbocycles. The van der Waals surface area contributed by atoms with E-state index in [0.717, 1.165) is 36.4 Å². The molecule has 1 aliphatic rings. The molecule has 0 saturated heterocycles. The zero-order chi connectivity index (χ0) is 10.4. The fourth-order valence-corrected chi connectivity index (χ4v) is 2.27. The van der Waals surface area contributed by atoms with Crippen LogP contribution in [-0.2, 0) is 6.54 Å². The van der Waals surface area contributed by atoms with Gasteiger partial charge < -0.3 is 9.47 Å². The second kappa shape index (κ2) is 3.10. The van der Waals surface area contributed by atoms with Crippen molar-refractivity contribution in [1.29, 1.82) is 0 Å². The molecule has 3 heterocycles. The predicted molar refractivity (Wildman–Crippen MR) is 60.4 cm³/mol. The Morgan fingerprint density at radius 2 is 2.20 bits per heavy atom. The minimum absolute atomic E-state index is 0.323. The first-order valence-corrected chi connectivity index (χ1v) is 5.37. The molecule has 15 heavy (non-hydrogen) atoms. The number of hydrogen-bond acceptors (Lipinski definition) is 3. The highest BCUT2D eigenvalue weighted by atomic mass is 35.5. The van der Waals surface area contributed by atoms with Crippen LogP contribution in [0.15, 0.2) is 12.3 Å². The fraction of sp³-hybridized carbons (Fsp3) is 0.400. The van der Waals surface area contributed by atoms with Crippen LogP contribution in [0.1, 0.15) is 6.42 Å². The van der Waals surface area contributed by atoms with E-state index in [0.29, 0.717) is 5.28 Å². The monoisotopic (exact) mass is 222 g/mol. The van der Waals surface area contributed by atoms with Crippen molar-refractivity contribution in [3.05, 3.63) is 17.5 Å². The summed E-state index contributed by atoms with van der Waals surface area (Å²) >= 11 is 5.90. The van der Waals surface area contributed by atoms with Gasteiger partial charge in [0, 0.05) is 26.3 Å². The van der Waals surface area contributed by atoms with E-state index in [1.165, 1.54) is 0 Å². The van der Waals surface area contributed by atoms with Crippen LogP contribution >= 0.6 is 11.6 Å². The van der Waals surface area contributed by atoms with E-state index < -0.39 is 0 Å². The van der Waals surface area contributed by atoms with Gasteiger partial charge in [-0.15, -0.1) is 0 Å². The van der Waals surface area contributed by atoms with Crippen molar-refractivity contribution in [2.45, 2.75) is 13.0 Å². The van der Waals surface area contributed by atoms with Gasteiger partial charge in [0.05, 0.1) is 5.52 Å². The summed E-state index contributed by atoms with van der Waals surface area (Å²) in [5.74, 6) is 0.938. The number of anilines is 1. The third kappa shape index (κ3) is 1.28. The largest absolute Gasteiger partial charge is 0.358 e. The molecular weight excluding hydrogens is 212 g/mol. The van der Waals surface area contributed by atoms with Crippen molar-refractivity contribution in [3.63, 3.8) is 0 Å². The summed E-state index contributed by atoms with van der Waals surface area (Å²) < 4.78 is 2.20. The molecule has 2 aromatic heterocycles. The number of halogens is 1. The third-order valence-corrected chi connectivity index (χ3v) is 2.99. The molecule has 0 aromatic carbocycles. The molecule has 0 radical (unpaired) electrons. The van der Waals surface area contributed by atoms with Gasteiger partial charge in [0.2, 0.25) is 5.28 Å². The number of rotatable bonds is 0. The van der Waals surface area contributed by atoms with Crippen LogP contribution in [0.3, 0.4) is 0 Å². The van der Waals surface area contributed by atoms with Crippen molar-refractivity contribution in [2.24, 2.45) is 0 Å². The SMILES string of the molecule is CN1CCCn2ccc3nc(Cl)nc1c32. The fourth-order valence-electron chi connectivity index (χ4n) is 2.10. The Bertz CT molecular complexity index is 519. The smallest absolute Gasteiger partial charge is 0.225 e. The van der Waals surface area contributed by atoms with Crippen molar-refractivity contribution in [3.8, 4) is 0 Å². The Balaban J connectivity index is 2.39. The van der Waals surface area contributed by atoms with Gasteiger partial charge in [-0.3, -0.25) is 0 Å². The van der Waals surface area contributed by atoms with Crippen LogP contribution in [0.5, 0.6) is 0 Å². The quantitative estimate of drug-likeness (QED) is 0.639. The van der Waals surface area contributed by atoms with Crippen molar-refractivity contribution < 1.29 is 0 Å². The molecule has 2 aromatic rings. The van der Waals surface area contributed by atoms with Crippen molar-refractivity contribution in [2.75, 3.05) is 18.5 Å². The second-order valence-corrected chi connectivity index (χ2v) is 4.17. The standard InChI is InChI=1S/C10H11ClN4/c1-14-4-2-5-15-6-3-7-8(15)9(14)13-10(11)12-7/h3,6H,2,4-5H2,1H3. The summed E-state index contributed by atoms with van der Waals surface area (Å²) in [5, 5.41) is 0.323. The van der Waals surface area contributed by atoms with Gasteiger partial charge in [-0.1, -0.05) is 0 Å². The Morgan fingerprint density at radius 1 is 1.33 bits per heavy atom. The molecule has 3 rings (SSSR count). The highest BCUT2D eigenvalue weighted by Gasteiger charge is 2.17. The molecule has 0 aliphatic carbocycles. The Morgan fingerprint density at radius 3 is 3.07 bits per heavy atom. The van der Waals surface area contributed by atoms with Crippen molar-refractivity contribution in [1.82, 2.24) is 14.5 Å². The molecule has 0 atom stereocenters. The van der Waals surface area contributed by atoms with Crippen LogP contribution in [-0.4, -0.2) is 28.1 Å². The van der Waals surface area contributed by atoms with E-state index in [9.17, 15) is 0 Å². The molecule has 0 amide bonds. The van der Waals surface area contributed by atoms with E-state index in [2.05, 4.69) is 25.6 Å².